The Labute approximate surface area is 300 Å². The number of ether oxygens (including phenoxy) is 1. The summed E-state index contributed by atoms with van der Waals surface area (Å²) >= 11 is 12.8. The van der Waals surface area contributed by atoms with Gasteiger partial charge in [-0.15, -0.1) is 0 Å². The number of aliphatic hydroxyl groups excluding tert-OH is 1. The molecule has 9 nitrogen and oxygen atoms in total. The molecule has 2 unspecified atom stereocenters. The number of carbonyl (C=O) groups is 1. The molecule has 2 atom stereocenters. The molecular weight excluding hydrogens is 659 g/mol. The molecule has 2 amide bonds. The number of aliphatic hydroxyl groups is 1. The first-order chi connectivity index (χ1) is 23.3. The number of amidine groups is 1. The van der Waals surface area contributed by atoms with E-state index in [0.717, 1.165) is 49.9 Å². The van der Waals surface area contributed by atoms with Crippen molar-refractivity contribution in [3.8, 4) is 5.88 Å². The van der Waals surface area contributed by atoms with Gasteiger partial charge in [-0.25, -0.2) is 9.78 Å². The van der Waals surface area contributed by atoms with E-state index in [2.05, 4.69) is 39.5 Å². The standard InChI is InChI=1S/C38H48Cl2N6O3/c1-7-49-33-31(24-41-34(42-33)36(2,3)4)32-43-37(5,25-8-12-27(39)13-9-25)38(6,26-10-14-28(40)15-11-26)46(32)35(48)45-20-16-29(17-21-45)44-22-18-30(47)19-23-44/h8-15,24,29-30,47H,7,16-23H2,1-6H3. The van der Waals surface area contributed by atoms with E-state index >= 15 is 4.79 Å². The van der Waals surface area contributed by atoms with Gasteiger partial charge in [0.2, 0.25) is 5.88 Å². The molecular formula is C38H48Cl2N6O3. The lowest BCUT2D eigenvalue weighted by molar-refractivity contribution is 0.0384. The number of likely N-dealkylation sites (tertiary alicyclic amines) is 2. The number of urea groups is 1. The van der Waals surface area contributed by atoms with E-state index in [0.29, 0.717) is 58.9 Å². The van der Waals surface area contributed by atoms with Crippen molar-refractivity contribution >= 4 is 35.1 Å². The number of aliphatic imine (C=N–C) groups is 1. The zero-order valence-electron chi connectivity index (χ0n) is 29.4. The third kappa shape index (κ3) is 6.67. The molecule has 6 rings (SSSR count). The smallest absolute Gasteiger partial charge is 0.326 e. The second-order valence-corrected chi connectivity index (χ2v) is 15.7. The minimum absolute atomic E-state index is 0.135. The van der Waals surface area contributed by atoms with E-state index in [-0.39, 0.29) is 17.6 Å². The Hall–Kier alpha value is -3.24. The van der Waals surface area contributed by atoms with Gasteiger partial charge in [-0.05, 0) is 81.8 Å². The lowest BCUT2D eigenvalue weighted by Crippen LogP contribution is -2.60. The number of amides is 2. The molecule has 0 bridgehead atoms. The average molecular weight is 708 g/mol. The molecule has 49 heavy (non-hydrogen) atoms. The van der Waals surface area contributed by atoms with Crippen molar-refractivity contribution in [1.82, 2.24) is 24.7 Å². The van der Waals surface area contributed by atoms with Crippen molar-refractivity contribution < 1.29 is 14.6 Å². The predicted molar refractivity (Wildman–Crippen MR) is 195 cm³/mol. The Morgan fingerprint density at radius 2 is 1.49 bits per heavy atom. The van der Waals surface area contributed by atoms with Crippen LogP contribution >= 0.6 is 23.2 Å². The largest absolute Gasteiger partial charge is 0.477 e. The molecule has 2 saturated heterocycles. The number of rotatable bonds is 6. The van der Waals surface area contributed by atoms with Crippen molar-refractivity contribution in [2.45, 2.75) is 95.9 Å². The van der Waals surface area contributed by atoms with Crippen LogP contribution in [0.15, 0.2) is 59.7 Å². The molecule has 3 aliphatic heterocycles. The van der Waals surface area contributed by atoms with Crippen LogP contribution in [0, 0.1) is 0 Å². The van der Waals surface area contributed by atoms with E-state index in [9.17, 15) is 5.11 Å². The minimum Gasteiger partial charge on any atom is -0.477 e. The number of hydrogen-bond donors (Lipinski definition) is 1. The summed E-state index contributed by atoms with van der Waals surface area (Å²) in [7, 11) is 0. The Morgan fingerprint density at radius 1 is 0.918 bits per heavy atom. The summed E-state index contributed by atoms with van der Waals surface area (Å²) in [6.07, 6.45) is 4.87. The number of nitrogens with zero attached hydrogens (tertiary/aromatic N) is 6. The van der Waals surface area contributed by atoms with Crippen LogP contribution in [0.3, 0.4) is 0 Å². The van der Waals surface area contributed by atoms with E-state index < -0.39 is 11.1 Å². The molecule has 2 aromatic carbocycles. The van der Waals surface area contributed by atoms with Crippen molar-refractivity contribution in [1.29, 1.82) is 0 Å². The zero-order chi connectivity index (χ0) is 35.1. The highest BCUT2D eigenvalue weighted by molar-refractivity contribution is 6.30. The lowest BCUT2D eigenvalue weighted by atomic mass is 9.71. The zero-order valence-corrected chi connectivity index (χ0v) is 30.9. The third-order valence-electron chi connectivity index (χ3n) is 10.6. The van der Waals surface area contributed by atoms with Gasteiger partial charge in [0, 0.05) is 53.9 Å². The SMILES string of the molecule is CCOc1nc(C(C)(C)C)ncc1C1=NC(C)(c2ccc(Cl)cc2)C(C)(c2ccc(Cl)cc2)N1C(=O)N1CCC(N2CCC(O)CC2)CC1. The number of benzene rings is 2. The second kappa shape index (κ2) is 13.8. The Bertz CT molecular complexity index is 1680. The van der Waals surface area contributed by atoms with Crippen molar-refractivity contribution in [2.75, 3.05) is 32.8 Å². The molecule has 0 radical (unpaired) electrons. The molecule has 11 heteroatoms. The summed E-state index contributed by atoms with van der Waals surface area (Å²) in [5.74, 6) is 1.49. The van der Waals surface area contributed by atoms with Crippen LogP contribution in [-0.4, -0.2) is 86.6 Å². The molecule has 0 aliphatic carbocycles. The van der Waals surface area contributed by atoms with Crippen molar-refractivity contribution in [3.05, 3.63) is 87.3 Å². The molecule has 2 fully saturated rings. The van der Waals surface area contributed by atoms with Gasteiger partial charge in [0.1, 0.15) is 22.7 Å². The number of halogens is 2. The van der Waals surface area contributed by atoms with Gasteiger partial charge in [-0.2, -0.15) is 4.98 Å². The molecule has 3 aliphatic rings. The highest BCUT2D eigenvalue weighted by Crippen LogP contribution is 2.54. The summed E-state index contributed by atoms with van der Waals surface area (Å²) in [5, 5.41) is 11.3. The summed E-state index contributed by atoms with van der Waals surface area (Å²) in [6.45, 7) is 15.6. The molecule has 0 saturated carbocycles. The normalized spacial score (nSPS) is 24.3. The van der Waals surface area contributed by atoms with E-state index in [1.807, 2.05) is 65.3 Å². The number of carbonyl (C=O) groups excluding carboxylic acids is 1. The molecule has 262 valence electrons. The second-order valence-electron chi connectivity index (χ2n) is 14.8. The molecule has 1 N–H and O–H groups in total. The van der Waals surface area contributed by atoms with Crippen molar-refractivity contribution in [3.63, 3.8) is 0 Å². The lowest BCUT2D eigenvalue weighted by Gasteiger charge is -2.48. The fourth-order valence-corrected chi connectivity index (χ4v) is 7.76. The van der Waals surface area contributed by atoms with Gasteiger partial charge in [-0.1, -0.05) is 68.2 Å². The quantitative estimate of drug-likeness (QED) is 0.287. The number of aromatic nitrogens is 2. The van der Waals surface area contributed by atoms with Gasteiger partial charge in [0.05, 0.1) is 18.3 Å². The Kier molecular flexibility index (Phi) is 10.0. The molecule has 3 aromatic rings. The maximum Gasteiger partial charge on any atom is 0.326 e. The highest BCUT2D eigenvalue weighted by atomic mass is 35.5. The van der Waals surface area contributed by atoms with Crippen LogP contribution < -0.4 is 4.74 Å². The summed E-state index contributed by atoms with van der Waals surface area (Å²) in [4.78, 5) is 36.7. The van der Waals surface area contributed by atoms with Gasteiger partial charge in [-0.3, -0.25) is 9.89 Å². The van der Waals surface area contributed by atoms with Crippen LogP contribution in [0.4, 0.5) is 4.79 Å². The maximum atomic E-state index is 15.2. The molecule has 1 aromatic heterocycles. The van der Waals surface area contributed by atoms with Crippen LogP contribution in [0.2, 0.25) is 10.0 Å². The average Bonchev–Trinajstić information content (AvgIpc) is 3.33. The Balaban J connectivity index is 1.48. The first kappa shape index (κ1) is 35.6. The van der Waals surface area contributed by atoms with Crippen molar-refractivity contribution in [2.24, 2.45) is 4.99 Å². The topological polar surface area (TPSA) is 94.4 Å². The fourth-order valence-electron chi connectivity index (χ4n) is 7.51. The molecule has 4 heterocycles. The predicted octanol–water partition coefficient (Wildman–Crippen LogP) is 7.41. The van der Waals surface area contributed by atoms with E-state index in [4.69, 9.17) is 42.9 Å². The summed E-state index contributed by atoms with van der Waals surface area (Å²) < 4.78 is 6.19. The van der Waals surface area contributed by atoms with Crippen LogP contribution in [0.25, 0.3) is 0 Å². The number of hydrogen-bond acceptors (Lipinski definition) is 7. The monoisotopic (exact) mass is 706 g/mol. The van der Waals surface area contributed by atoms with Gasteiger partial charge >= 0.3 is 6.03 Å². The van der Waals surface area contributed by atoms with E-state index in [1.54, 1.807) is 6.20 Å². The van der Waals surface area contributed by atoms with Crippen LogP contribution in [-0.2, 0) is 16.5 Å². The third-order valence-corrected chi connectivity index (χ3v) is 11.1. The van der Waals surface area contributed by atoms with Gasteiger partial charge < -0.3 is 19.6 Å². The van der Waals surface area contributed by atoms with Crippen LogP contribution in [0.5, 0.6) is 5.88 Å². The molecule has 0 spiro atoms. The maximum absolute atomic E-state index is 15.2. The highest BCUT2D eigenvalue weighted by Gasteiger charge is 2.60. The summed E-state index contributed by atoms with van der Waals surface area (Å²) in [5.41, 5.74) is 0.0537. The van der Waals surface area contributed by atoms with Gasteiger partial charge in [0.25, 0.3) is 0 Å². The summed E-state index contributed by atoms with van der Waals surface area (Å²) in [6, 6.07) is 15.6. The van der Waals surface area contributed by atoms with Gasteiger partial charge in [0.15, 0.2) is 0 Å². The van der Waals surface area contributed by atoms with Crippen LogP contribution in [0.1, 0.15) is 89.7 Å². The van der Waals surface area contributed by atoms with E-state index in [1.165, 1.54) is 0 Å². The first-order valence-electron chi connectivity index (χ1n) is 17.4. The number of piperidine rings is 2. The minimum atomic E-state index is -1.01. The first-order valence-corrected chi connectivity index (χ1v) is 18.2. The Morgan fingerprint density at radius 3 is 2.04 bits per heavy atom. The fraction of sp³-hybridized carbons (Fsp3) is 0.526.